The van der Waals surface area contributed by atoms with Gasteiger partial charge in [0.15, 0.2) is 5.22 Å². The van der Waals surface area contributed by atoms with Crippen LogP contribution in [0.3, 0.4) is 0 Å². The number of aliphatic hydroxyl groups excluding tert-OH is 1. The van der Waals surface area contributed by atoms with Gasteiger partial charge < -0.3 is 9.52 Å². The lowest BCUT2D eigenvalue weighted by Gasteiger charge is -2.01. The standard InChI is InChI=1S/C9H13ClO2S/c1-7(11)4-5-13-6-8-2-3-9(10)12-8/h2-3,7,11H,4-6H2,1H3. The van der Waals surface area contributed by atoms with Crippen LogP contribution in [0.25, 0.3) is 0 Å². The number of thioether (sulfide) groups is 1. The molecule has 0 bridgehead atoms. The van der Waals surface area contributed by atoms with Crippen molar-refractivity contribution in [2.45, 2.75) is 25.2 Å². The predicted molar refractivity (Wildman–Crippen MR) is 56.2 cm³/mol. The Morgan fingerprint density at radius 3 is 2.92 bits per heavy atom. The lowest BCUT2D eigenvalue weighted by atomic mass is 10.3. The summed E-state index contributed by atoms with van der Waals surface area (Å²) in [5.74, 6) is 2.65. The second kappa shape index (κ2) is 5.58. The van der Waals surface area contributed by atoms with Crippen molar-refractivity contribution >= 4 is 23.4 Å². The lowest BCUT2D eigenvalue weighted by molar-refractivity contribution is 0.192. The third-order valence-electron chi connectivity index (χ3n) is 1.55. The quantitative estimate of drug-likeness (QED) is 0.775. The third kappa shape index (κ3) is 4.60. The van der Waals surface area contributed by atoms with Crippen LogP contribution < -0.4 is 0 Å². The summed E-state index contributed by atoms with van der Waals surface area (Å²) in [5, 5.41) is 9.43. The fourth-order valence-corrected chi connectivity index (χ4v) is 2.03. The van der Waals surface area contributed by atoms with E-state index in [1.54, 1.807) is 24.8 Å². The Bertz CT molecular complexity index is 248. The molecular formula is C9H13ClO2S. The Kier molecular flexibility index (Phi) is 4.70. The maximum absolute atomic E-state index is 9.00. The van der Waals surface area contributed by atoms with Gasteiger partial charge in [0.2, 0.25) is 0 Å². The summed E-state index contributed by atoms with van der Waals surface area (Å²) in [5.41, 5.74) is 0. The normalized spacial score (nSPS) is 13.2. The van der Waals surface area contributed by atoms with Gasteiger partial charge in [-0.2, -0.15) is 11.8 Å². The van der Waals surface area contributed by atoms with Crippen LogP contribution in [0.1, 0.15) is 19.1 Å². The number of rotatable bonds is 5. The average molecular weight is 221 g/mol. The summed E-state index contributed by atoms with van der Waals surface area (Å²) in [6.45, 7) is 1.80. The van der Waals surface area contributed by atoms with E-state index in [1.807, 2.05) is 6.07 Å². The summed E-state index contributed by atoms with van der Waals surface area (Å²) in [6.07, 6.45) is 0.603. The van der Waals surface area contributed by atoms with Gasteiger partial charge in [-0.25, -0.2) is 0 Å². The van der Waals surface area contributed by atoms with Crippen LogP contribution in [-0.2, 0) is 5.75 Å². The Hall–Kier alpha value is -0.120. The SMILES string of the molecule is CC(O)CCSCc1ccc(Cl)o1. The van der Waals surface area contributed by atoms with Crippen molar-refractivity contribution < 1.29 is 9.52 Å². The van der Waals surface area contributed by atoms with Gasteiger partial charge in [-0.1, -0.05) is 0 Å². The van der Waals surface area contributed by atoms with Gasteiger partial charge in [0.25, 0.3) is 0 Å². The number of aliphatic hydroxyl groups is 1. The van der Waals surface area contributed by atoms with Crippen molar-refractivity contribution in [2.24, 2.45) is 0 Å². The predicted octanol–water partition coefficient (Wildman–Crippen LogP) is 2.94. The van der Waals surface area contributed by atoms with E-state index in [0.29, 0.717) is 5.22 Å². The molecule has 0 saturated carbocycles. The van der Waals surface area contributed by atoms with Crippen molar-refractivity contribution in [1.82, 2.24) is 0 Å². The number of halogens is 1. The van der Waals surface area contributed by atoms with E-state index in [-0.39, 0.29) is 6.10 Å². The topological polar surface area (TPSA) is 33.4 Å². The molecule has 0 radical (unpaired) electrons. The molecule has 0 spiro atoms. The summed E-state index contributed by atoms with van der Waals surface area (Å²) < 4.78 is 5.17. The van der Waals surface area contributed by atoms with E-state index in [9.17, 15) is 0 Å². The summed E-state index contributed by atoms with van der Waals surface area (Å²) in [4.78, 5) is 0. The lowest BCUT2D eigenvalue weighted by Crippen LogP contribution is -2.00. The molecule has 1 atom stereocenters. The Morgan fingerprint density at radius 2 is 2.38 bits per heavy atom. The Labute approximate surface area is 87.3 Å². The monoisotopic (exact) mass is 220 g/mol. The van der Waals surface area contributed by atoms with E-state index in [0.717, 1.165) is 23.7 Å². The van der Waals surface area contributed by atoms with Crippen LogP contribution in [0.4, 0.5) is 0 Å². The first-order chi connectivity index (χ1) is 6.18. The first kappa shape index (κ1) is 11.0. The molecule has 1 aromatic heterocycles. The second-order valence-corrected chi connectivity index (χ2v) is 4.37. The minimum absolute atomic E-state index is 0.215. The molecule has 74 valence electrons. The van der Waals surface area contributed by atoms with Crippen LogP contribution in [0.2, 0.25) is 5.22 Å². The minimum Gasteiger partial charge on any atom is -0.449 e. The van der Waals surface area contributed by atoms with E-state index < -0.39 is 0 Å². The highest BCUT2D eigenvalue weighted by Gasteiger charge is 2.00. The molecule has 1 aromatic rings. The van der Waals surface area contributed by atoms with Crippen molar-refractivity contribution in [2.75, 3.05) is 5.75 Å². The first-order valence-electron chi connectivity index (χ1n) is 4.18. The maximum atomic E-state index is 9.00. The number of hydrogen-bond donors (Lipinski definition) is 1. The second-order valence-electron chi connectivity index (χ2n) is 2.90. The Balaban J connectivity index is 2.13. The summed E-state index contributed by atoms with van der Waals surface area (Å²) in [7, 11) is 0. The molecule has 2 nitrogen and oxygen atoms in total. The van der Waals surface area contributed by atoms with Gasteiger partial charge in [-0.15, -0.1) is 0 Å². The van der Waals surface area contributed by atoms with Crippen LogP contribution in [-0.4, -0.2) is 17.0 Å². The maximum Gasteiger partial charge on any atom is 0.193 e. The molecule has 13 heavy (non-hydrogen) atoms. The molecule has 0 aliphatic heterocycles. The summed E-state index contributed by atoms with van der Waals surface area (Å²) in [6, 6.07) is 3.61. The summed E-state index contributed by atoms with van der Waals surface area (Å²) >= 11 is 7.34. The van der Waals surface area contributed by atoms with Crippen LogP contribution >= 0.6 is 23.4 Å². The molecule has 0 aliphatic rings. The largest absolute Gasteiger partial charge is 0.449 e. The van der Waals surface area contributed by atoms with E-state index in [2.05, 4.69) is 0 Å². The van der Waals surface area contributed by atoms with Crippen LogP contribution in [0, 0.1) is 0 Å². The fraction of sp³-hybridized carbons (Fsp3) is 0.556. The number of hydrogen-bond acceptors (Lipinski definition) is 3. The van der Waals surface area contributed by atoms with Gasteiger partial charge in [0.05, 0.1) is 11.9 Å². The zero-order chi connectivity index (χ0) is 9.68. The molecule has 0 saturated heterocycles. The van der Waals surface area contributed by atoms with E-state index in [1.165, 1.54) is 0 Å². The molecule has 0 amide bonds. The van der Waals surface area contributed by atoms with Gasteiger partial charge in [0.1, 0.15) is 5.76 Å². The van der Waals surface area contributed by atoms with Gasteiger partial charge in [0, 0.05) is 0 Å². The highest BCUT2D eigenvalue weighted by Crippen LogP contribution is 2.19. The molecule has 1 heterocycles. The van der Waals surface area contributed by atoms with Crippen molar-refractivity contribution in [3.63, 3.8) is 0 Å². The van der Waals surface area contributed by atoms with Crippen LogP contribution in [0.15, 0.2) is 16.5 Å². The highest BCUT2D eigenvalue weighted by molar-refractivity contribution is 7.98. The van der Waals surface area contributed by atoms with Crippen molar-refractivity contribution in [3.8, 4) is 0 Å². The number of furan rings is 1. The van der Waals surface area contributed by atoms with Crippen molar-refractivity contribution in [3.05, 3.63) is 23.1 Å². The van der Waals surface area contributed by atoms with Gasteiger partial charge in [-0.3, -0.25) is 0 Å². The fourth-order valence-electron chi connectivity index (χ4n) is 0.856. The first-order valence-corrected chi connectivity index (χ1v) is 5.72. The third-order valence-corrected chi connectivity index (χ3v) is 2.77. The van der Waals surface area contributed by atoms with Gasteiger partial charge >= 0.3 is 0 Å². The molecule has 1 rings (SSSR count). The van der Waals surface area contributed by atoms with E-state index >= 15 is 0 Å². The van der Waals surface area contributed by atoms with Gasteiger partial charge in [-0.05, 0) is 42.8 Å². The molecule has 1 N–H and O–H groups in total. The molecular weight excluding hydrogens is 208 g/mol. The van der Waals surface area contributed by atoms with Crippen molar-refractivity contribution in [1.29, 1.82) is 0 Å². The van der Waals surface area contributed by atoms with Crippen LogP contribution in [0.5, 0.6) is 0 Å². The highest BCUT2D eigenvalue weighted by atomic mass is 35.5. The Morgan fingerprint density at radius 1 is 1.62 bits per heavy atom. The molecule has 0 fully saturated rings. The van der Waals surface area contributed by atoms with E-state index in [4.69, 9.17) is 21.1 Å². The average Bonchev–Trinajstić information content (AvgIpc) is 2.45. The molecule has 4 heteroatoms. The molecule has 1 unspecified atom stereocenters. The smallest absolute Gasteiger partial charge is 0.193 e. The molecule has 0 aromatic carbocycles. The molecule has 0 aliphatic carbocycles. The zero-order valence-corrected chi connectivity index (χ0v) is 9.07. The zero-order valence-electron chi connectivity index (χ0n) is 7.50. The minimum atomic E-state index is -0.215.